The minimum atomic E-state index is -0.772. The third-order valence-corrected chi connectivity index (χ3v) is 4.60. The average Bonchev–Trinajstić information content (AvgIpc) is 2.57. The van der Waals surface area contributed by atoms with Crippen LogP contribution in [0, 0.1) is 6.92 Å². The highest BCUT2D eigenvalue weighted by molar-refractivity contribution is 6.31. The minimum absolute atomic E-state index is 0.00354. The molecule has 0 aromatic heterocycles. The van der Waals surface area contributed by atoms with Gasteiger partial charge in [-0.15, -0.1) is 0 Å². The molecule has 2 aromatic rings. The Bertz CT molecular complexity index is 924. The molecule has 2 aromatic carbocycles. The van der Waals surface area contributed by atoms with E-state index >= 15 is 0 Å². The highest BCUT2D eigenvalue weighted by Gasteiger charge is 2.32. The van der Waals surface area contributed by atoms with E-state index in [4.69, 9.17) is 11.6 Å². The first-order valence-electron chi connectivity index (χ1n) is 8.00. The van der Waals surface area contributed by atoms with Gasteiger partial charge in [0, 0.05) is 22.0 Å². The van der Waals surface area contributed by atoms with Crippen LogP contribution in [0.3, 0.4) is 0 Å². The van der Waals surface area contributed by atoms with E-state index in [1.165, 1.54) is 6.07 Å². The fourth-order valence-corrected chi connectivity index (χ4v) is 3.01. The highest BCUT2D eigenvalue weighted by atomic mass is 35.5. The predicted octanol–water partition coefficient (Wildman–Crippen LogP) is 3.62. The second-order valence-electron chi connectivity index (χ2n) is 6.05. The fourth-order valence-electron chi connectivity index (χ4n) is 2.83. The first-order chi connectivity index (χ1) is 12.4. The zero-order chi connectivity index (χ0) is 18.8. The van der Waals surface area contributed by atoms with Crippen molar-refractivity contribution in [3.05, 3.63) is 69.9 Å². The van der Waals surface area contributed by atoms with Crippen molar-refractivity contribution in [1.82, 2.24) is 10.6 Å². The quantitative estimate of drug-likeness (QED) is 0.664. The maximum Gasteiger partial charge on any atom is 0.319 e. The van der Waals surface area contributed by atoms with Crippen LogP contribution in [0.1, 0.15) is 24.1 Å². The largest absolute Gasteiger partial charge is 0.508 e. The Morgan fingerprint density at radius 2 is 1.92 bits per heavy atom. The maximum atomic E-state index is 12.9. The fraction of sp³-hybridized carbons (Fsp3) is 0.158. The van der Waals surface area contributed by atoms with Crippen molar-refractivity contribution < 1.29 is 14.7 Å². The van der Waals surface area contributed by atoms with Crippen LogP contribution in [0.4, 0.5) is 10.5 Å². The Morgan fingerprint density at radius 1 is 1.19 bits per heavy atom. The van der Waals surface area contributed by atoms with Crippen LogP contribution in [-0.4, -0.2) is 17.0 Å². The minimum Gasteiger partial charge on any atom is -0.508 e. The third kappa shape index (κ3) is 3.50. The Morgan fingerprint density at radius 3 is 2.62 bits per heavy atom. The molecule has 3 rings (SSSR count). The summed E-state index contributed by atoms with van der Waals surface area (Å²) in [5, 5.41) is 18.8. The summed E-state index contributed by atoms with van der Waals surface area (Å²) in [4.78, 5) is 24.8. The lowest BCUT2D eigenvalue weighted by Crippen LogP contribution is -2.46. The first kappa shape index (κ1) is 17.8. The van der Waals surface area contributed by atoms with Crippen molar-refractivity contribution in [3.8, 4) is 5.75 Å². The maximum absolute atomic E-state index is 12.9. The van der Waals surface area contributed by atoms with Crippen molar-refractivity contribution >= 4 is 29.2 Å². The summed E-state index contributed by atoms with van der Waals surface area (Å²) in [5.74, 6) is -0.403. The number of urea groups is 1. The molecule has 7 heteroatoms. The lowest BCUT2D eigenvalue weighted by Gasteiger charge is -2.29. The summed E-state index contributed by atoms with van der Waals surface area (Å²) in [7, 11) is 0. The lowest BCUT2D eigenvalue weighted by atomic mass is 9.94. The Balaban J connectivity index is 1.97. The molecule has 1 aliphatic rings. The number of carbonyl (C=O) groups is 2. The second kappa shape index (κ2) is 7.09. The third-order valence-electron chi connectivity index (χ3n) is 4.19. The summed E-state index contributed by atoms with van der Waals surface area (Å²) in [5.41, 5.74) is 2.60. The molecule has 1 aliphatic heterocycles. The van der Waals surface area contributed by atoms with Gasteiger partial charge in [0.15, 0.2) is 0 Å². The zero-order valence-electron chi connectivity index (χ0n) is 14.3. The van der Waals surface area contributed by atoms with Gasteiger partial charge in [-0.1, -0.05) is 35.9 Å². The molecule has 3 amide bonds. The number of hydrogen-bond donors (Lipinski definition) is 4. The van der Waals surface area contributed by atoms with Crippen LogP contribution in [0.25, 0.3) is 0 Å². The molecule has 6 nitrogen and oxygen atoms in total. The van der Waals surface area contributed by atoms with E-state index < -0.39 is 18.0 Å². The number of para-hydroxylation sites is 1. The topological polar surface area (TPSA) is 90.5 Å². The van der Waals surface area contributed by atoms with Crippen LogP contribution in [-0.2, 0) is 4.79 Å². The van der Waals surface area contributed by atoms with Crippen LogP contribution < -0.4 is 16.0 Å². The number of amides is 3. The highest BCUT2D eigenvalue weighted by Crippen LogP contribution is 2.33. The molecule has 1 atom stereocenters. The number of anilines is 1. The van der Waals surface area contributed by atoms with Crippen molar-refractivity contribution in [2.45, 2.75) is 19.9 Å². The SMILES string of the molecule is CC1=C(C(=O)Nc2ccc(C)c(Cl)c2)C(c2ccccc2O)NC(=O)N1. The average molecular weight is 372 g/mol. The molecule has 0 fully saturated rings. The van der Waals surface area contributed by atoms with E-state index in [1.54, 1.807) is 43.3 Å². The van der Waals surface area contributed by atoms with Crippen LogP contribution in [0.2, 0.25) is 5.02 Å². The van der Waals surface area contributed by atoms with Gasteiger partial charge in [-0.2, -0.15) is 0 Å². The number of halogens is 1. The number of hydrogen-bond acceptors (Lipinski definition) is 3. The summed E-state index contributed by atoms with van der Waals surface area (Å²) >= 11 is 6.11. The lowest BCUT2D eigenvalue weighted by molar-refractivity contribution is -0.113. The number of carbonyl (C=O) groups excluding carboxylic acids is 2. The molecule has 1 heterocycles. The zero-order valence-corrected chi connectivity index (χ0v) is 15.0. The van der Waals surface area contributed by atoms with Gasteiger partial charge in [0.2, 0.25) is 0 Å². The van der Waals surface area contributed by atoms with Crippen molar-refractivity contribution in [3.63, 3.8) is 0 Å². The molecular formula is C19H18ClN3O3. The molecule has 0 saturated heterocycles. The monoisotopic (exact) mass is 371 g/mol. The standard InChI is InChI=1S/C19H18ClN3O3/c1-10-7-8-12(9-14(10)20)22-18(25)16-11(2)21-19(26)23-17(16)13-5-3-4-6-15(13)24/h3-9,17,24H,1-2H3,(H,22,25)(H2,21,23,26). The first-order valence-corrected chi connectivity index (χ1v) is 8.38. The van der Waals surface area contributed by atoms with Crippen LogP contribution in [0.5, 0.6) is 5.75 Å². The smallest absolute Gasteiger partial charge is 0.319 e. The van der Waals surface area contributed by atoms with E-state index in [-0.39, 0.29) is 5.75 Å². The number of allylic oxidation sites excluding steroid dienone is 1. The van der Waals surface area contributed by atoms with Crippen molar-refractivity contribution in [2.24, 2.45) is 0 Å². The van der Waals surface area contributed by atoms with Gasteiger partial charge in [0.1, 0.15) is 5.75 Å². The van der Waals surface area contributed by atoms with Crippen molar-refractivity contribution in [2.75, 3.05) is 5.32 Å². The molecule has 26 heavy (non-hydrogen) atoms. The molecule has 0 bridgehead atoms. The molecule has 0 spiro atoms. The summed E-state index contributed by atoms with van der Waals surface area (Å²) in [6, 6.07) is 10.6. The molecule has 4 N–H and O–H groups in total. The van der Waals surface area contributed by atoms with Gasteiger partial charge < -0.3 is 21.1 Å². The summed E-state index contributed by atoms with van der Waals surface area (Å²) in [6.45, 7) is 3.51. The van der Waals surface area contributed by atoms with Crippen LogP contribution in [0.15, 0.2) is 53.7 Å². The molecule has 0 radical (unpaired) electrons. The van der Waals surface area contributed by atoms with E-state index in [0.29, 0.717) is 27.5 Å². The Hall–Kier alpha value is -2.99. The van der Waals surface area contributed by atoms with Crippen LogP contribution >= 0.6 is 11.6 Å². The van der Waals surface area contributed by atoms with Gasteiger partial charge in [0.05, 0.1) is 11.6 Å². The number of aromatic hydroxyl groups is 1. The normalized spacial score (nSPS) is 16.7. The van der Waals surface area contributed by atoms with Gasteiger partial charge in [0.25, 0.3) is 5.91 Å². The van der Waals surface area contributed by atoms with Crippen molar-refractivity contribution in [1.29, 1.82) is 0 Å². The summed E-state index contributed by atoms with van der Waals surface area (Å²) < 4.78 is 0. The number of benzene rings is 2. The van der Waals surface area contributed by atoms with Gasteiger partial charge in [-0.05, 0) is 37.6 Å². The molecular weight excluding hydrogens is 354 g/mol. The second-order valence-corrected chi connectivity index (χ2v) is 6.45. The summed E-state index contributed by atoms with van der Waals surface area (Å²) in [6.07, 6.45) is 0. The van der Waals surface area contributed by atoms with Gasteiger partial charge in [-0.3, -0.25) is 4.79 Å². The molecule has 0 saturated carbocycles. The van der Waals surface area contributed by atoms with E-state index in [1.807, 2.05) is 6.92 Å². The molecule has 0 aliphatic carbocycles. The van der Waals surface area contributed by atoms with E-state index in [0.717, 1.165) is 5.56 Å². The van der Waals surface area contributed by atoms with E-state index in [2.05, 4.69) is 16.0 Å². The predicted molar refractivity (Wildman–Crippen MR) is 100 cm³/mol. The number of aryl methyl sites for hydroxylation is 1. The number of phenolic OH excluding ortho intramolecular Hbond substituents is 1. The molecule has 134 valence electrons. The number of rotatable bonds is 3. The molecule has 1 unspecified atom stereocenters. The number of nitrogens with one attached hydrogen (secondary N) is 3. The number of phenols is 1. The van der Waals surface area contributed by atoms with Gasteiger partial charge in [-0.25, -0.2) is 4.79 Å². The van der Waals surface area contributed by atoms with E-state index in [9.17, 15) is 14.7 Å². The Labute approximate surface area is 155 Å². The van der Waals surface area contributed by atoms with Gasteiger partial charge >= 0.3 is 6.03 Å². The Kier molecular flexibility index (Phi) is 4.86.